The third-order valence-corrected chi connectivity index (χ3v) is 14.7. The molecule has 15 heteroatoms. The van der Waals surface area contributed by atoms with Crippen LogP contribution in [0.25, 0.3) is 0 Å². The van der Waals surface area contributed by atoms with Gasteiger partial charge in [-0.1, -0.05) is 25.1 Å². The van der Waals surface area contributed by atoms with Gasteiger partial charge in [-0.2, -0.15) is 0 Å². The molecule has 1 saturated carbocycles. The number of likely N-dealkylation sites (tertiary alicyclic amines) is 1. The standard InChI is InChI=1S/C41H54F2N4O8S/c1-4-38(48)46-17-18-55-26-34(25-46)56(51,52)33-11-12-37(36(43)21-33)47-23-28(24-47)22-45-15-13-30(14-16-45)41(27-44-40(50)54-3,31-8-6-9-32(42)20-31)35-10-5-7-29(35)19-39(49)53-2/h4,6,8-9,11-12,20-21,28-30,34-35H,1,5,7,10,13-19,22-27H2,2-3H3,(H,44,50)/t29-,34+,35+,41+/m1/s1. The van der Waals surface area contributed by atoms with Crippen LogP contribution >= 0.6 is 0 Å². The first-order valence-corrected chi connectivity index (χ1v) is 21.1. The average Bonchev–Trinajstić information content (AvgIpc) is 3.49. The number of anilines is 1. The van der Waals surface area contributed by atoms with Crippen LogP contribution in [0.5, 0.6) is 0 Å². The molecule has 6 rings (SSSR count). The van der Waals surface area contributed by atoms with E-state index in [1.165, 1.54) is 37.3 Å². The highest BCUT2D eigenvalue weighted by Crippen LogP contribution is 2.53. The molecule has 4 aliphatic rings. The summed E-state index contributed by atoms with van der Waals surface area (Å²) in [6, 6.07) is 10.7. The average molecular weight is 801 g/mol. The van der Waals surface area contributed by atoms with E-state index in [4.69, 9.17) is 14.2 Å². The summed E-state index contributed by atoms with van der Waals surface area (Å²) >= 11 is 0. The third-order valence-electron chi connectivity index (χ3n) is 12.6. The van der Waals surface area contributed by atoms with Crippen molar-refractivity contribution in [3.63, 3.8) is 0 Å². The summed E-state index contributed by atoms with van der Waals surface area (Å²) in [5.41, 5.74) is 0.515. The second kappa shape index (κ2) is 18.0. The van der Waals surface area contributed by atoms with E-state index in [1.807, 2.05) is 11.0 Å². The molecule has 0 radical (unpaired) electrons. The van der Waals surface area contributed by atoms with Gasteiger partial charge in [0.2, 0.25) is 5.91 Å². The Kier molecular flexibility index (Phi) is 13.4. The van der Waals surface area contributed by atoms with E-state index in [0.29, 0.717) is 18.8 Å². The molecule has 1 N–H and O–H groups in total. The van der Waals surface area contributed by atoms with Gasteiger partial charge in [-0.15, -0.1) is 0 Å². The lowest BCUT2D eigenvalue weighted by atomic mass is 9.57. The van der Waals surface area contributed by atoms with Gasteiger partial charge in [0.25, 0.3) is 0 Å². The molecule has 3 saturated heterocycles. The molecule has 306 valence electrons. The Hall–Kier alpha value is -4.08. The van der Waals surface area contributed by atoms with Crippen molar-refractivity contribution in [1.82, 2.24) is 15.1 Å². The molecular weight excluding hydrogens is 747 g/mol. The first-order chi connectivity index (χ1) is 26.9. The van der Waals surface area contributed by atoms with Crippen LogP contribution in [0, 0.1) is 35.3 Å². The predicted octanol–water partition coefficient (Wildman–Crippen LogP) is 4.57. The van der Waals surface area contributed by atoms with Gasteiger partial charge in [-0.25, -0.2) is 22.0 Å². The summed E-state index contributed by atoms with van der Waals surface area (Å²) in [5, 5.41) is 1.94. The van der Waals surface area contributed by atoms with E-state index in [9.17, 15) is 27.2 Å². The zero-order chi connectivity index (χ0) is 40.0. The van der Waals surface area contributed by atoms with Crippen LogP contribution in [0.15, 0.2) is 60.0 Å². The van der Waals surface area contributed by atoms with E-state index in [0.717, 1.165) is 69.4 Å². The topological polar surface area (TPSA) is 135 Å². The largest absolute Gasteiger partial charge is 0.469 e. The van der Waals surface area contributed by atoms with Gasteiger partial charge in [0.1, 0.15) is 16.9 Å². The smallest absolute Gasteiger partial charge is 0.406 e. The summed E-state index contributed by atoms with van der Waals surface area (Å²) in [5.74, 6) is -1.25. The van der Waals surface area contributed by atoms with E-state index in [-0.39, 0.29) is 85.5 Å². The van der Waals surface area contributed by atoms with Crippen molar-refractivity contribution in [1.29, 1.82) is 0 Å². The molecule has 2 aromatic rings. The highest BCUT2D eigenvalue weighted by atomic mass is 32.2. The molecule has 3 heterocycles. The lowest BCUT2D eigenvalue weighted by Gasteiger charge is -2.51. The summed E-state index contributed by atoms with van der Waals surface area (Å²) < 4.78 is 73.0. The van der Waals surface area contributed by atoms with Gasteiger partial charge in [-0.05, 0) is 98.5 Å². The maximum Gasteiger partial charge on any atom is 0.406 e. The first-order valence-electron chi connectivity index (χ1n) is 19.5. The van der Waals surface area contributed by atoms with E-state index in [2.05, 4.69) is 16.8 Å². The lowest BCUT2D eigenvalue weighted by molar-refractivity contribution is -0.142. The Morgan fingerprint density at radius 3 is 2.45 bits per heavy atom. The monoisotopic (exact) mass is 800 g/mol. The number of carbonyl (C=O) groups excluding carboxylic acids is 3. The number of hydrogen-bond donors (Lipinski definition) is 1. The highest BCUT2D eigenvalue weighted by Gasteiger charge is 2.52. The van der Waals surface area contributed by atoms with Crippen molar-refractivity contribution < 1.29 is 45.8 Å². The number of ether oxygens (including phenoxy) is 3. The molecule has 0 aromatic heterocycles. The van der Waals surface area contributed by atoms with E-state index in [1.54, 1.807) is 12.1 Å². The number of methoxy groups -OCH3 is 2. The van der Waals surface area contributed by atoms with Crippen molar-refractivity contribution in [3.05, 3.63) is 72.3 Å². The number of amides is 2. The zero-order valence-electron chi connectivity index (χ0n) is 32.3. The van der Waals surface area contributed by atoms with Crippen LogP contribution in [0.1, 0.15) is 44.1 Å². The van der Waals surface area contributed by atoms with Crippen LogP contribution in [-0.2, 0) is 39.1 Å². The minimum absolute atomic E-state index is 0.00484. The van der Waals surface area contributed by atoms with Gasteiger partial charge < -0.3 is 34.2 Å². The summed E-state index contributed by atoms with van der Waals surface area (Å²) in [4.78, 5) is 42.9. The summed E-state index contributed by atoms with van der Waals surface area (Å²) in [7, 11) is -1.28. The number of hydrogen-bond acceptors (Lipinski definition) is 10. The number of halogens is 2. The molecule has 2 aromatic carbocycles. The van der Waals surface area contributed by atoms with Crippen LogP contribution in [0.4, 0.5) is 19.3 Å². The number of nitrogens with zero attached hydrogens (tertiary/aromatic N) is 3. The van der Waals surface area contributed by atoms with Crippen molar-refractivity contribution in [2.75, 3.05) is 84.7 Å². The molecule has 0 unspecified atom stereocenters. The Balaban J connectivity index is 1.11. The minimum Gasteiger partial charge on any atom is -0.469 e. The number of rotatable bonds is 13. The summed E-state index contributed by atoms with van der Waals surface area (Å²) in [6.45, 7) is 7.65. The highest BCUT2D eigenvalue weighted by molar-refractivity contribution is 7.92. The second-order valence-electron chi connectivity index (χ2n) is 15.7. The zero-order valence-corrected chi connectivity index (χ0v) is 33.1. The fourth-order valence-electron chi connectivity index (χ4n) is 9.74. The molecule has 56 heavy (non-hydrogen) atoms. The minimum atomic E-state index is -3.99. The molecule has 0 bridgehead atoms. The fraction of sp³-hybridized carbons (Fsp3) is 0.585. The van der Waals surface area contributed by atoms with Crippen molar-refractivity contribution in [3.8, 4) is 0 Å². The molecule has 4 fully saturated rings. The maximum atomic E-state index is 15.5. The molecule has 0 spiro atoms. The second-order valence-corrected chi connectivity index (χ2v) is 17.9. The van der Waals surface area contributed by atoms with E-state index >= 15 is 4.39 Å². The van der Waals surface area contributed by atoms with Gasteiger partial charge in [0, 0.05) is 57.0 Å². The van der Waals surface area contributed by atoms with Crippen molar-refractivity contribution >= 4 is 33.5 Å². The van der Waals surface area contributed by atoms with E-state index < -0.39 is 32.4 Å². The number of esters is 1. The van der Waals surface area contributed by atoms with Crippen LogP contribution in [0.3, 0.4) is 0 Å². The van der Waals surface area contributed by atoms with Gasteiger partial charge in [0.05, 0.1) is 38.0 Å². The molecular formula is C41H54F2N4O8S. The molecule has 12 nitrogen and oxygen atoms in total. The molecule has 4 atom stereocenters. The van der Waals surface area contributed by atoms with Crippen molar-refractivity contribution in [2.45, 2.75) is 54.1 Å². The first kappa shape index (κ1) is 41.6. The Labute approximate surface area is 328 Å². The maximum absolute atomic E-state index is 15.5. The Morgan fingerprint density at radius 1 is 1.00 bits per heavy atom. The quantitative estimate of drug-likeness (QED) is 0.227. The van der Waals surface area contributed by atoms with Gasteiger partial charge in [-0.3, -0.25) is 9.59 Å². The Morgan fingerprint density at radius 2 is 1.77 bits per heavy atom. The normalized spacial score (nSPS) is 23.8. The lowest BCUT2D eigenvalue weighted by Crippen LogP contribution is -2.56. The predicted molar refractivity (Wildman–Crippen MR) is 206 cm³/mol. The third kappa shape index (κ3) is 8.89. The number of sulfone groups is 1. The number of nitrogens with one attached hydrogen (secondary N) is 1. The molecule has 2 amide bonds. The van der Waals surface area contributed by atoms with Gasteiger partial charge in [0.15, 0.2) is 9.84 Å². The SMILES string of the molecule is C=CC(=O)N1CCOC[C@@H](S(=O)(=O)c2ccc(N3CC(CN4CCC([C@@](CNC(=O)OC)(c5cccc(F)c5)[C@H]5CCC[C@@H]5CC(=O)OC)CC4)C3)c(F)c2)C1. The van der Waals surface area contributed by atoms with Crippen LogP contribution in [0.2, 0.25) is 0 Å². The number of carbonyl (C=O) groups is 3. The Bertz CT molecular complexity index is 1850. The van der Waals surface area contributed by atoms with Crippen molar-refractivity contribution in [2.24, 2.45) is 23.7 Å². The van der Waals surface area contributed by atoms with Gasteiger partial charge >= 0.3 is 12.1 Å². The molecule has 3 aliphatic heterocycles. The van der Waals surface area contributed by atoms with Crippen LogP contribution in [-0.4, -0.2) is 121 Å². The number of piperidine rings is 1. The van der Waals surface area contributed by atoms with Crippen LogP contribution < -0.4 is 10.2 Å². The fourth-order valence-corrected chi connectivity index (χ4v) is 11.3. The molecule has 1 aliphatic carbocycles. The number of alkyl carbamates (subject to hydrolysis) is 1. The number of benzene rings is 2. The summed E-state index contributed by atoms with van der Waals surface area (Å²) in [6.07, 6.45) is 5.05.